The third-order valence-corrected chi connectivity index (χ3v) is 4.38. The predicted molar refractivity (Wildman–Crippen MR) is 114 cm³/mol. The summed E-state index contributed by atoms with van der Waals surface area (Å²) in [5.41, 5.74) is 1.41. The Morgan fingerprint density at radius 3 is 2.16 bits per heavy atom. The average Bonchev–Trinajstić information content (AvgIpc) is 2.67. The van der Waals surface area contributed by atoms with Gasteiger partial charge in [-0.1, -0.05) is 6.07 Å². The van der Waals surface area contributed by atoms with Crippen molar-refractivity contribution in [3.05, 3.63) is 85.2 Å². The van der Waals surface area contributed by atoms with Gasteiger partial charge in [0.1, 0.15) is 0 Å². The summed E-state index contributed by atoms with van der Waals surface area (Å²) in [5, 5.41) is 28.0. The second-order valence-corrected chi connectivity index (χ2v) is 6.79. The number of hydrogen-bond acceptors (Lipinski definition) is 8. The van der Waals surface area contributed by atoms with Crippen molar-refractivity contribution in [1.82, 2.24) is 9.97 Å². The fourth-order valence-electron chi connectivity index (χ4n) is 3.00. The Balaban J connectivity index is 1.88. The van der Waals surface area contributed by atoms with Crippen LogP contribution in [-0.4, -0.2) is 25.7 Å². The Morgan fingerprint density at radius 2 is 1.55 bits per heavy atom. The molecule has 0 aliphatic carbocycles. The molecule has 0 aliphatic rings. The summed E-state index contributed by atoms with van der Waals surface area (Å²) in [6, 6.07) is 10.4. The Bertz CT molecular complexity index is 1190. The summed E-state index contributed by atoms with van der Waals surface area (Å²) in [4.78, 5) is 42.1. The molecule has 0 fully saturated rings. The van der Waals surface area contributed by atoms with Crippen molar-refractivity contribution in [3.8, 4) is 0 Å². The van der Waals surface area contributed by atoms with Gasteiger partial charge in [0.15, 0.2) is 0 Å². The van der Waals surface area contributed by atoms with Crippen molar-refractivity contribution in [2.45, 2.75) is 20.8 Å². The smallest absolute Gasteiger partial charge is 0.279 e. The normalized spacial score (nSPS) is 10.4. The number of nitrogens with one attached hydrogen (secondary N) is 2. The summed E-state index contributed by atoms with van der Waals surface area (Å²) in [7, 11) is 0. The molecule has 1 heterocycles. The molecule has 0 bridgehead atoms. The minimum atomic E-state index is -0.780. The molecule has 1 amide bonds. The molecule has 31 heavy (non-hydrogen) atoms. The zero-order valence-corrected chi connectivity index (χ0v) is 16.9. The highest BCUT2D eigenvalue weighted by Crippen LogP contribution is 2.29. The van der Waals surface area contributed by atoms with Crippen LogP contribution in [0.1, 0.15) is 27.3 Å². The molecule has 0 spiro atoms. The molecule has 11 nitrogen and oxygen atoms in total. The van der Waals surface area contributed by atoms with Crippen molar-refractivity contribution in [1.29, 1.82) is 0 Å². The van der Waals surface area contributed by atoms with Crippen molar-refractivity contribution >= 4 is 34.6 Å². The predicted octanol–water partition coefficient (Wildman–Crippen LogP) is 4.21. The lowest BCUT2D eigenvalue weighted by molar-refractivity contribution is -0.394. The number of carbonyl (C=O) groups is 1. The van der Waals surface area contributed by atoms with E-state index in [2.05, 4.69) is 20.6 Å². The van der Waals surface area contributed by atoms with Crippen LogP contribution in [0.3, 0.4) is 0 Å². The number of non-ortho nitro benzene ring substituents is 1. The molecule has 11 heteroatoms. The third-order valence-electron chi connectivity index (χ3n) is 4.38. The Kier molecular flexibility index (Phi) is 5.86. The van der Waals surface area contributed by atoms with Gasteiger partial charge in [-0.3, -0.25) is 25.0 Å². The molecule has 0 saturated carbocycles. The van der Waals surface area contributed by atoms with E-state index in [1.807, 2.05) is 19.9 Å². The number of nitrogens with zero attached hydrogens (tertiary/aromatic N) is 4. The molecule has 0 unspecified atom stereocenters. The second kappa shape index (κ2) is 8.53. The average molecular weight is 422 g/mol. The van der Waals surface area contributed by atoms with E-state index in [-0.39, 0.29) is 11.1 Å². The van der Waals surface area contributed by atoms with E-state index in [1.54, 1.807) is 24.3 Å². The molecule has 3 aromatic rings. The van der Waals surface area contributed by atoms with E-state index in [9.17, 15) is 25.0 Å². The first-order chi connectivity index (χ1) is 14.6. The quantitative estimate of drug-likeness (QED) is 0.442. The molecule has 0 saturated heterocycles. The van der Waals surface area contributed by atoms with Gasteiger partial charge in [0.2, 0.25) is 5.95 Å². The number of aromatic nitrogens is 2. The van der Waals surface area contributed by atoms with Gasteiger partial charge in [0.05, 0.1) is 21.5 Å². The molecule has 158 valence electrons. The topological polar surface area (TPSA) is 153 Å². The second-order valence-electron chi connectivity index (χ2n) is 6.79. The number of nitro benzene ring substituents is 2. The SMILES string of the molecule is Cc1cc(C)nc(Nc2cccc(NC(=O)c3cc([N+](=O)[O-])cc([N+](=O)[O-])c3C)c2)n1. The van der Waals surface area contributed by atoms with E-state index in [1.165, 1.54) is 6.92 Å². The van der Waals surface area contributed by atoms with Gasteiger partial charge in [-0.15, -0.1) is 0 Å². The number of nitro groups is 2. The van der Waals surface area contributed by atoms with E-state index >= 15 is 0 Å². The molecular weight excluding hydrogens is 404 g/mol. The van der Waals surface area contributed by atoms with Crippen LogP contribution in [0.25, 0.3) is 0 Å². The number of benzene rings is 2. The number of anilines is 3. The Labute approximate surface area is 176 Å². The molecule has 0 aliphatic heterocycles. The third kappa shape index (κ3) is 4.96. The molecule has 2 aromatic carbocycles. The lowest BCUT2D eigenvalue weighted by Crippen LogP contribution is -2.15. The van der Waals surface area contributed by atoms with Crippen molar-refractivity contribution < 1.29 is 14.6 Å². The number of carbonyl (C=O) groups excluding carboxylic acids is 1. The van der Waals surface area contributed by atoms with Crippen LogP contribution >= 0.6 is 0 Å². The highest BCUT2D eigenvalue weighted by Gasteiger charge is 2.24. The van der Waals surface area contributed by atoms with Crippen LogP contribution in [0.4, 0.5) is 28.7 Å². The van der Waals surface area contributed by atoms with Crippen LogP contribution in [0, 0.1) is 41.0 Å². The zero-order valence-electron chi connectivity index (χ0n) is 16.9. The van der Waals surface area contributed by atoms with Gasteiger partial charge >= 0.3 is 0 Å². The van der Waals surface area contributed by atoms with E-state index in [0.717, 1.165) is 23.5 Å². The van der Waals surface area contributed by atoms with Gasteiger partial charge in [0, 0.05) is 34.4 Å². The lowest BCUT2D eigenvalue weighted by atomic mass is 10.0. The summed E-state index contributed by atoms with van der Waals surface area (Å²) in [5.74, 6) is -0.310. The fourth-order valence-corrected chi connectivity index (χ4v) is 3.00. The van der Waals surface area contributed by atoms with Crippen LogP contribution in [0.15, 0.2) is 42.5 Å². The summed E-state index contributed by atoms with van der Waals surface area (Å²) >= 11 is 0. The lowest BCUT2D eigenvalue weighted by Gasteiger charge is -2.11. The maximum absolute atomic E-state index is 12.7. The Hall–Kier alpha value is -4.41. The van der Waals surface area contributed by atoms with Gasteiger partial charge in [-0.05, 0) is 45.0 Å². The molecule has 3 rings (SSSR count). The first kappa shape index (κ1) is 21.3. The van der Waals surface area contributed by atoms with E-state index < -0.39 is 27.1 Å². The van der Waals surface area contributed by atoms with Crippen molar-refractivity contribution in [2.24, 2.45) is 0 Å². The number of amides is 1. The molecule has 1 aromatic heterocycles. The number of hydrogen-bond donors (Lipinski definition) is 2. The minimum absolute atomic E-state index is 0.0333. The van der Waals surface area contributed by atoms with Crippen LogP contribution in [0.5, 0.6) is 0 Å². The fraction of sp³-hybridized carbons (Fsp3) is 0.150. The van der Waals surface area contributed by atoms with Crippen molar-refractivity contribution in [2.75, 3.05) is 10.6 Å². The molecule has 2 N–H and O–H groups in total. The molecule has 0 atom stereocenters. The van der Waals surface area contributed by atoms with E-state index in [0.29, 0.717) is 17.3 Å². The van der Waals surface area contributed by atoms with Gasteiger partial charge < -0.3 is 10.6 Å². The molecular formula is C20H18N6O5. The summed E-state index contributed by atoms with van der Waals surface area (Å²) in [6.45, 7) is 5.06. The Morgan fingerprint density at radius 1 is 0.903 bits per heavy atom. The van der Waals surface area contributed by atoms with Crippen LogP contribution < -0.4 is 10.6 Å². The first-order valence-corrected chi connectivity index (χ1v) is 9.08. The standard InChI is InChI=1S/C20H18N6O5/c1-11-7-12(2)22-20(21-11)24-15-6-4-5-14(8-15)23-19(27)17-9-16(25(28)29)10-18(13(17)3)26(30)31/h4-10H,1-3H3,(H,23,27)(H,21,22,24). The van der Waals surface area contributed by atoms with Gasteiger partial charge in [-0.2, -0.15) is 0 Å². The van der Waals surface area contributed by atoms with Crippen LogP contribution in [0.2, 0.25) is 0 Å². The van der Waals surface area contributed by atoms with Gasteiger partial charge in [0.25, 0.3) is 17.3 Å². The summed E-state index contributed by atoms with van der Waals surface area (Å²) < 4.78 is 0. The summed E-state index contributed by atoms with van der Waals surface area (Å²) in [6.07, 6.45) is 0. The number of rotatable bonds is 6. The minimum Gasteiger partial charge on any atom is -0.324 e. The highest BCUT2D eigenvalue weighted by atomic mass is 16.6. The first-order valence-electron chi connectivity index (χ1n) is 9.08. The maximum Gasteiger partial charge on any atom is 0.279 e. The molecule has 0 radical (unpaired) electrons. The highest BCUT2D eigenvalue weighted by molar-refractivity contribution is 6.06. The largest absolute Gasteiger partial charge is 0.324 e. The van der Waals surface area contributed by atoms with Gasteiger partial charge in [-0.25, -0.2) is 9.97 Å². The van der Waals surface area contributed by atoms with E-state index in [4.69, 9.17) is 0 Å². The number of aryl methyl sites for hydroxylation is 2. The maximum atomic E-state index is 12.7. The van der Waals surface area contributed by atoms with Crippen LogP contribution in [-0.2, 0) is 0 Å². The monoisotopic (exact) mass is 422 g/mol. The zero-order chi connectivity index (χ0) is 22.7. The van der Waals surface area contributed by atoms with Crippen molar-refractivity contribution in [3.63, 3.8) is 0 Å².